The van der Waals surface area contributed by atoms with E-state index >= 15 is 0 Å². The molecule has 1 aromatic rings. The van der Waals surface area contributed by atoms with Gasteiger partial charge in [-0.2, -0.15) is 0 Å². The van der Waals surface area contributed by atoms with Crippen molar-refractivity contribution in [3.63, 3.8) is 0 Å². The van der Waals surface area contributed by atoms with E-state index < -0.39 is 0 Å². The van der Waals surface area contributed by atoms with Gasteiger partial charge in [-0.15, -0.1) is 0 Å². The summed E-state index contributed by atoms with van der Waals surface area (Å²) >= 11 is 3.56. The number of benzene rings is 1. The Morgan fingerprint density at radius 2 is 2.00 bits per heavy atom. The molecule has 1 amide bonds. The first kappa shape index (κ1) is 13.4. The summed E-state index contributed by atoms with van der Waals surface area (Å²) in [4.78, 5) is 14.0. The van der Waals surface area contributed by atoms with Crippen molar-refractivity contribution in [2.45, 2.75) is 33.8 Å². The Labute approximate surface area is 116 Å². The first-order chi connectivity index (χ1) is 8.34. The standard InChI is InChI=1S/C14H18BrNO2/c1-7(2)13-14(17)16(5)12-9(4)11(15)8(3)6-10(12)18-13/h6-7,13H,1-5H3. The molecule has 0 aliphatic carbocycles. The summed E-state index contributed by atoms with van der Waals surface area (Å²) in [7, 11) is 1.81. The van der Waals surface area contributed by atoms with Gasteiger partial charge >= 0.3 is 0 Å². The van der Waals surface area contributed by atoms with Gasteiger partial charge in [0.1, 0.15) is 5.75 Å². The lowest BCUT2D eigenvalue weighted by Crippen LogP contribution is -2.46. The second-order valence-electron chi connectivity index (χ2n) is 5.16. The van der Waals surface area contributed by atoms with Crippen LogP contribution in [0.4, 0.5) is 5.69 Å². The number of hydrogen-bond acceptors (Lipinski definition) is 2. The molecular formula is C14H18BrNO2. The highest BCUT2D eigenvalue weighted by Gasteiger charge is 2.35. The van der Waals surface area contributed by atoms with Crippen LogP contribution in [0.1, 0.15) is 25.0 Å². The highest BCUT2D eigenvalue weighted by Crippen LogP contribution is 2.42. The molecule has 0 saturated carbocycles. The Kier molecular flexibility index (Phi) is 3.41. The Hall–Kier alpha value is -1.03. The second-order valence-corrected chi connectivity index (χ2v) is 5.95. The SMILES string of the molecule is Cc1cc2c(c(C)c1Br)N(C)C(=O)C(C(C)C)O2. The van der Waals surface area contributed by atoms with Gasteiger partial charge in [0.05, 0.1) is 5.69 Å². The van der Waals surface area contributed by atoms with E-state index in [1.165, 1.54) is 0 Å². The first-order valence-electron chi connectivity index (χ1n) is 6.08. The van der Waals surface area contributed by atoms with Crippen LogP contribution in [0.5, 0.6) is 5.75 Å². The average molecular weight is 312 g/mol. The van der Waals surface area contributed by atoms with E-state index in [2.05, 4.69) is 15.9 Å². The molecule has 3 nitrogen and oxygen atoms in total. The fourth-order valence-corrected chi connectivity index (χ4v) is 2.63. The molecule has 0 bridgehead atoms. The maximum Gasteiger partial charge on any atom is 0.268 e. The number of carbonyl (C=O) groups excluding carboxylic acids is 1. The fourth-order valence-electron chi connectivity index (χ4n) is 2.33. The lowest BCUT2D eigenvalue weighted by molar-refractivity contribution is -0.127. The van der Waals surface area contributed by atoms with Crippen LogP contribution in [0.2, 0.25) is 0 Å². The fraction of sp³-hybridized carbons (Fsp3) is 0.500. The highest BCUT2D eigenvalue weighted by molar-refractivity contribution is 9.10. The van der Waals surface area contributed by atoms with E-state index in [1.807, 2.05) is 40.8 Å². The van der Waals surface area contributed by atoms with Gasteiger partial charge in [-0.05, 0) is 37.0 Å². The normalized spacial score (nSPS) is 18.9. The van der Waals surface area contributed by atoms with E-state index in [-0.39, 0.29) is 17.9 Å². The molecule has 4 heteroatoms. The number of amides is 1. The highest BCUT2D eigenvalue weighted by atomic mass is 79.9. The van der Waals surface area contributed by atoms with Crippen molar-refractivity contribution in [3.8, 4) is 5.75 Å². The molecule has 98 valence electrons. The third-order valence-electron chi connectivity index (χ3n) is 3.38. The number of halogens is 1. The van der Waals surface area contributed by atoms with Crippen LogP contribution in [0, 0.1) is 19.8 Å². The van der Waals surface area contributed by atoms with Crippen molar-refractivity contribution in [2.75, 3.05) is 11.9 Å². The van der Waals surface area contributed by atoms with Crippen LogP contribution in [0.25, 0.3) is 0 Å². The smallest absolute Gasteiger partial charge is 0.268 e. The zero-order valence-corrected chi connectivity index (χ0v) is 13.0. The topological polar surface area (TPSA) is 29.5 Å². The summed E-state index contributed by atoms with van der Waals surface area (Å²) in [6, 6.07) is 1.99. The van der Waals surface area contributed by atoms with Gasteiger partial charge < -0.3 is 9.64 Å². The largest absolute Gasteiger partial charge is 0.478 e. The predicted molar refractivity (Wildman–Crippen MR) is 76.3 cm³/mol. The maximum absolute atomic E-state index is 12.3. The Balaban J connectivity index is 2.59. The summed E-state index contributed by atoms with van der Waals surface area (Å²) in [6.45, 7) is 8.03. The minimum absolute atomic E-state index is 0.0244. The Bertz CT molecular complexity index is 511. The van der Waals surface area contributed by atoms with Crippen LogP contribution in [0.15, 0.2) is 10.5 Å². The molecule has 0 fully saturated rings. The summed E-state index contributed by atoms with van der Waals surface area (Å²) in [5.41, 5.74) is 3.04. The molecule has 1 unspecified atom stereocenters. The van der Waals surface area contributed by atoms with Crippen LogP contribution < -0.4 is 9.64 Å². The van der Waals surface area contributed by atoms with E-state index in [0.29, 0.717) is 0 Å². The number of likely N-dealkylation sites (N-methyl/N-ethyl adjacent to an activating group) is 1. The van der Waals surface area contributed by atoms with E-state index in [9.17, 15) is 4.79 Å². The van der Waals surface area contributed by atoms with Crippen LogP contribution in [-0.4, -0.2) is 19.1 Å². The van der Waals surface area contributed by atoms with Gasteiger partial charge in [-0.3, -0.25) is 4.79 Å². The Morgan fingerprint density at radius 1 is 1.39 bits per heavy atom. The monoisotopic (exact) mass is 311 g/mol. The number of hydrogen-bond donors (Lipinski definition) is 0. The van der Waals surface area contributed by atoms with E-state index in [1.54, 1.807) is 4.90 Å². The van der Waals surface area contributed by atoms with Crippen LogP contribution in [0.3, 0.4) is 0 Å². The zero-order chi connectivity index (χ0) is 13.6. The van der Waals surface area contributed by atoms with Gasteiger partial charge in [0.2, 0.25) is 0 Å². The summed E-state index contributed by atoms with van der Waals surface area (Å²) in [6.07, 6.45) is -0.387. The molecule has 1 aromatic carbocycles. The van der Waals surface area contributed by atoms with Crippen molar-refractivity contribution in [1.82, 2.24) is 0 Å². The first-order valence-corrected chi connectivity index (χ1v) is 6.87. The van der Waals surface area contributed by atoms with Crippen LogP contribution in [-0.2, 0) is 4.79 Å². The molecule has 0 N–H and O–H groups in total. The van der Waals surface area contributed by atoms with Gasteiger partial charge in [-0.1, -0.05) is 29.8 Å². The number of ether oxygens (including phenoxy) is 1. The number of carbonyl (C=O) groups is 1. The molecule has 1 aliphatic rings. The quantitative estimate of drug-likeness (QED) is 0.795. The van der Waals surface area contributed by atoms with Gasteiger partial charge in [0, 0.05) is 11.5 Å². The lowest BCUT2D eigenvalue weighted by atomic mass is 10.0. The van der Waals surface area contributed by atoms with Crippen molar-refractivity contribution in [2.24, 2.45) is 5.92 Å². The molecule has 18 heavy (non-hydrogen) atoms. The van der Waals surface area contributed by atoms with Crippen molar-refractivity contribution in [1.29, 1.82) is 0 Å². The minimum Gasteiger partial charge on any atom is -0.478 e. The second kappa shape index (κ2) is 4.57. The lowest BCUT2D eigenvalue weighted by Gasteiger charge is -2.35. The van der Waals surface area contributed by atoms with Gasteiger partial charge in [-0.25, -0.2) is 0 Å². The number of fused-ring (bicyclic) bond motifs is 1. The number of nitrogens with zero attached hydrogens (tertiary/aromatic N) is 1. The van der Waals surface area contributed by atoms with E-state index in [0.717, 1.165) is 27.0 Å². The van der Waals surface area contributed by atoms with Crippen LogP contribution >= 0.6 is 15.9 Å². The molecular weight excluding hydrogens is 294 g/mol. The molecule has 1 aliphatic heterocycles. The molecule has 1 heterocycles. The van der Waals surface area contributed by atoms with Crippen molar-refractivity contribution >= 4 is 27.5 Å². The minimum atomic E-state index is -0.387. The summed E-state index contributed by atoms with van der Waals surface area (Å²) < 4.78 is 6.92. The third kappa shape index (κ3) is 1.92. The summed E-state index contributed by atoms with van der Waals surface area (Å²) in [5, 5.41) is 0. The number of aryl methyl sites for hydroxylation is 1. The molecule has 2 rings (SSSR count). The maximum atomic E-state index is 12.3. The summed E-state index contributed by atoms with van der Waals surface area (Å²) in [5.74, 6) is 0.989. The Morgan fingerprint density at radius 3 is 2.56 bits per heavy atom. The van der Waals surface area contributed by atoms with Gasteiger partial charge in [0.25, 0.3) is 5.91 Å². The number of rotatable bonds is 1. The molecule has 0 saturated heterocycles. The molecule has 1 atom stereocenters. The van der Waals surface area contributed by atoms with Gasteiger partial charge in [0.15, 0.2) is 6.10 Å². The average Bonchev–Trinajstić information content (AvgIpc) is 2.30. The number of anilines is 1. The van der Waals surface area contributed by atoms with E-state index in [4.69, 9.17) is 4.74 Å². The molecule has 0 aromatic heterocycles. The third-order valence-corrected chi connectivity index (χ3v) is 4.60. The molecule has 0 radical (unpaired) electrons. The zero-order valence-electron chi connectivity index (χ0n) is 11.4. The van der Waals surface area contributed by atoms with Crippen molar-refractivity contribution in [3.05, 3.63) is 21.7 Å². The predicted octanol–water partition coefficient (Wildman–Crippen LogP) is 3.45. The molecule has 0 spiro atoms. The van der Waals surface area contributed by atoms with Crippen molar-refractivity contribution < 1.29 is 9.53 Å².